The fourth-order valence-corrected chi connectivity index (χ4v) is 14.9. The number of benzene rings is 2. The Bertz CT molecular complexity index is 1210. The van der Waals surface area contributed by atoms with Crippen LogP contribution in [0.4, 0.5) is 5.69 Å². The molecule has 34 heavy (non-hydrogen) atoms. The predicted octanol–water partition coefficient (Wildman–Crippen LogP) is 5.49. The van der Waals surface area contributed by atoms with Crippen LogP contribution in [0.15, 0.2) is 46.9 Å². The number of anilines is 1. The van der Waals surface area contributed by atoms with Crippen molar-refractivity contribution in [1.82, 2.24) is 0 Å². The number of methoxy groups -OCH3 is 2. The fraction of sp³-hybridized carbons (Fsp3) is 0.346. The van der Waals surface area contributed by atoms with Crippen LogP contribution in [0.2, 0.25) is 38.3 Å². The summed E-state index contributed by atoms with van der Waals surface area (Å²) in [6, 6.07) is 15.8. The average molecular weight is 496 g/mol. The van der Waals surface area contributed by atoms with E-state index in [1.54, 1.807) is 35.5 Å². The third kappa shape index (κ3) is 4.52. The van der Waals surface area contributed by atoms with Crippen LogP contribution >= 0.6 is 0 Å². The molecule has 0 atom stereocenters. The van der Waals surface area contributed by atoms with E-state index in [1.807, 2.05) is 0 Å². The van der Waals surface area contributed by atoms with E-state index in [0.717, 1.165) is 11.3 Å². The van der Waals surface area contributed by atoms with Gasteiger partial charge in [-0.25, -0.2) is 0 Å². The molecule has 3 aromatic rings. The molecule has 0 bridgehead atoms. The Hall–Kier alpha value is -2.98. The third-order valence-electron chi connectivity index (χ3n) is 6.83. The SMILES string of the molecule is COc1cccc(OC)c1NC(=O)c1ccc(Oc2cc3c(cc2C)[Si](C)(C)CC[Si]3(C)C)o1. The van der Waals surface area contributed by atoms with E-state index in [0.29, 0.717) is 17.2 Å². The van der Waals surface area contributed by atoms with Gasteiger partial charge in [0.05, 0.1) is 30.4 Å². The van der Waals surface area contributed by atoms with E-state index < -0.39 is 22.1 Å². The van der Waals surface area contributed by atoms with Gasteiger partial charge in [0.15, 0.2) is 5.76 Å². The van der Waals surface area contributed by atoms with Crippen molar-refractivity contribution in [2.75, 3.05) is 19.5 Å². The summed E-state index contributed by atoms with van der Waals surface area (Å²) >= 11 is 0. The Morgan fingerprint density at radius 2 is 1.47 bits per heavy atom. The molecule has 8 heteroatoms. The molecule has 0 radical (unpaired) electrons. The van der Waals surface area contributed by atoms with Crippen LogP contribution in [0.25, 0.3) is 0 Å². The van der Waals surface area contributed by atoms with Crippen molar-refractivity contribution in [3.8, 4) is 23.2 Å². The highest BCUT2D eigenvalue weighted by molar-refractivity contribution is 7.03. The highest BCUT2D eigenvalue weighted by atomic mass is 28.3. The van der Waals surface area contributed by atoms with Crippen molar-refractivity contribution in [2.24, 2.45) is 0 Å². The van der Waals surface area contributed by atoms with Gasteiger partial charge in [0, 0.05) is 6.07 Å². The van der Waals surface area contributed by atoms with Gasteiger partial charge in [-0.15, -0.1) is 0 Å². The second-order valence-electron chi connectivity index (χ2n) is 10.1. The van der Waals surface area contributed by atoms with Gasteiger partial charge in [-0.3, -0.25) is 4.79 Å². The molecule has 2 aromatic carbocycles. The average Bonchev–Trinajstić information content (AvgIpc) is 3.27. The summed E-state index contributed by atoms with van der Waals surface area (Å²) in [7, 11) is 0.142. The van der Waals surface area contributed by atoms with Crippen LogP contribution in [-0.2, 0) is 0 Å². The largest absolute Gasteiger partial charge is 0.494 e. The molecule has 0 fully saturated rings. The summed E-state index contributed by atoms with van der Waals surface area (Å²) in [6.07, 6.45) is 0. The minimum atomic E-state index is -1.51. The van der Waals surface area contributed by atoms with Gasteiger partial charge in [-0.1, -0.05) is 60.8 Å². The molecule has 1 N–H and O–H groups in total. The van der Waals surface area contributed by atoms with Gasteiger partial charge < -0.3 is 23.9 Å². The molecule has 1 amide bonds. The van der Waals surface area contributed by atoms with Crippen molar-refractivity contribution in [3.05, 3.63) is 53.8 Å². The standard InChI is InChI=1S/C26H33NO5Si2/c1-17-15-22-23(34(6,7)14-13-33(22,4)5)16-21(17)32-24-12-11-20(31-24)26(28)27-25-18(29-2)9-8-10-19(25)30-3/h8-12,15-16H,13-14H2,1-7H3,(H,27,28). The van der Waals surface area contributed by atoms with Crippen LogP contribution in [-0.4, -0.2) is 36.3 Å². The molecule has 0 spiro atoms. The molecular formula is C26H33NO5Si2. The van der Waals surface area contributed by atoms with Gasteiger partial charge >= 0.3 is 0 Å². The van der Waals surface area contributed by atoms with Gasteiger partial charge in [-0.05, 0) is 36.8 Å². The Morgan fingerprint density at radius 1 is 0.882 bits per heavy atom. The summed E-state index contributed by atoms with van der Waals surface area (Å²) in [5, 5.41) is 5.90. The first-order valence-corrected chi connectivity index (χ1v) is 17.9. The van der Waals surface area contributed by atoms with Crippen molar-refractivity contribution in [3.63, 3.8) is 0 Å². The van der Waals surface area contributed by atoms with E-state index in [-0.39, 0.29) is 11.7 Å². The Labute approximate surface area is 203 Å². The lowest BCUT2D eigenvalue weighted by molar-refractivity contribution is 0.0991. The summed E-state index contributed by atoms with van der Waals surface area (Å²) in [6.45, 7) is 11.9. The van der Waals surface area contributed by atoms with Crippen molar-refractivity contribution in [1.29, 1.82) is 0 Å². The van der Waals surface area contributed by atoms with Crippen molar-refractivity contribution >= 4 is 38.1 Å². The molecule has 180 valence electrons. The fourth-order valence-electron chi connectivity index (χ4n) is 4.57. The topological polar surface area (TPSA) is 69.9 Å². The zero-order chi connectivity index (χ0) is 24.7. The molecule has 1 aliphatic rings. The maximum absolute atomic E-state index is 12.9. The molecule has 6 nitrogen and oxygen atoms in total. The summed E-state index contributed by atoms with van der Waals surface area (Å²) in [4.78, 5) is 12.9. The van der Waals surface area contributed by atoms with Crippen molar-refractivity contribution in [2.45, 2.75) is 45.2 Å². The third-order valence-corrected chi connectivity index (χ3v) is 14.3. The quantitative estimate of drug-likeness (QED) is 0.458. The van der Waals surface area contributed by atoms with Crippen LogP contribution in [0.3, 0.4) is 0 Å². The number of carbonyl (C=O) groups is 1. The van der Waals surface area contributed by atoms with E-state index in [2.05, 4.69) is 50.6 Å². The zero-order valence-electron chi connectivity index (χ0n) is 21.0. The molecule has 0 aliphatic carbocycles. The maximum atomic E-state index is 12.9. The van der Waals surface area contributed by atoms with Crippen LogP contribution < -0.4 is 29.9 Å². The van der Waals surface area contributed by atoms with Gasteiger partial charge in [0.25, 0.3) is 11.9 Å². The lowest BCUT2D eigenvalue weighted by atomic mass is 10.2. The first-order valence-electron chi connectivity index (χ1n) is 11.5. The number of hydrogen-bond acceptors (Lipinski definition) is 5. The molecule has 0 saturated heterocycles. The Balaban J connectivity index is 1.58. The molecular weight excluding hydrogens is 462 g/mol. The molecule has 1 aliphatic heterocycles. The van der Waals surface area contributed by atoms with E-state index >= 15 is 0 Å². The van der Waals surface area contributed by atoms with Crippen molar-refractivity contribution < 1.29 is 23.4 Å². The summed E-state index contributed by atoms with van der Waals surface area (Å²) < 4.78 is 22.6. The van der Waals surface area contributed by atoms with Crippen LogP contribution in [0.5, 0.6) is 23.2 Å². The van der Waals surface area contributed by atoms with Gasteiger partial charge in [-0.2, -0.15) is 0 Å². The first-order chi connectivity index (χ1) is 16.1. The number of aryl methyl sites for hydroxylation is 1. The smallest absolute Gasteiger partial charge is 0.291 e. The minimum absolute atomic E-state index is 0.141. The predicted molar refractivity (Wildman–Crippen MR) is 141 cm³/mol. The lowest BCUT2D eigenvalue weighted by Crippen LogP contribution is -2.63. The number of ether oxygens (including phenoxy) is 3. The number of nitrogens with one attached hydrogen (secondary N) is 1. The van der Waals surface area contributed by atoms with E-state index in [4.69, 9.17) is 18.6 Å². The molecule has 1 aromatic heterocycles. The van der Waals surface area contributed by atoms with E-state index in [1.165, 1.54) is 31.5 Å². The number of fused-ring (bicyclic) bond motifs is 1. The Morgan fingerprint density at radius 3 is 2.06 bits per heavy atom. The lowest BCUT2D eigenvalue weighted by Gasteiger charge is -2.40. The number of carbonyl (C=O) groups excluding carboxylic acids is 1. The molecule has 0 saturated carbocycles. The number of para-hydroxylation sites is 1. The highest BCUT2D eigenvalue weighted by Gasteiger charge is 2.40. The Kier molecular flexibility index (Phi) is 6.39. The second-order valence-corrected chi connectivity index (χ2v) is 19.8. The van der Waals surface area contributed by atoms with Gasteiger partial charge in [0.1, 0.15) is 22.9 Å². The normalized spacial score (nSPS) is 15.9. The van der Waals surface area contributed by atoms with Gasteiger partial charge in [0.2, 0.25) is 0 Å². The van der Waals surface area contributed by atoms with Crippen LogP contribution in [0, 0.1) is 6.92 Å². The second kappa shape index (κ2) is 9.00. The highest BCUT2D eigenvalue weighted by Crippen LogP contribution is 2.35. The zero-order valence-corrected chi connectivity index (χ0v) is 23.0. The minimum Gasteiger partial charge on any atom is -0.494 e. The maximum Gasteiger partial charge on any atom is 0.291 e. The summed E-state index contributed by atoms with van der Waals surface area (Å²) in [5.74, 6) is 1.80. The molecule has 0 unspecified atom stereocenters. The summed E-state index contributed by atoms with van der Waals surface area (Å²) in [5.41, 5.74) is 1.54. The first kappa shape index (κ1) is 24.2. The number of amides is 1. The number of hydrogen-bond donors (Lipinski definition) is 1. The number of furan rings is 1. The number of rotatable bonds is 6. The molecule has 4 rings (SSSR count). The molecule has 2 heterocycles. The van der Waals surface area contributed by atoms with Crippen LogP contribution in [0.1, 0.15) is 16.1 Å². The van der Waals surface area contributed by atoms with E-state index in [9.17, 15) is 4.79 Å². The monoisotopic (exact) mass is 495 g/mol.